The van der Waals surface area contributed by atoms with Gasteiger partial charge in [0.05, 0.1) is 23.8 Å². The Bertz CT molecular complexity index is 890. The van der Waals surface area contributed by atoms with Gasteiger partial charge in [-0.05, 0) is 48.3 Å². The zero-order valence-corrected chi connectivity index (χ0v) is 19.2. The number of nitrogens with one attached hydrogen (secondary N) is 2. The summed E-state index contributed by atoms with van der Waals surface area (Å²) in [4.78, 5) is 28.0. The van der Waals surface area contributed by atoms with Gasteiger partial charge < -0.3 is 15.4 Å². The second-order valence-electron chi connectivity index (χ2n) is 7.37. The number of thioether (sulfide) groups is 1. The summed E-state index contributed by atoms with van der Waals surface area (Å²) in [5, 5.41) is 6.16. The fraction of sp³-hybridized carbons (Fsp3) is 0.391. The van der Waals surface area contributed by atoms with Gasteiger partial charge in [0.25, 0.3) is 5.91 Å². The van der Waals surface area contributed by atoms with Crippen LogP contribution in [0.4, 0.5) is 5.69 Å². The van der Waals surface area contributed by atoms with Crippen LogP contribution in [0.15, 0.2) is 48.5 Å². The first-order valence-electron chi connectivity index (χ1n) is 10.3. The molecule has 3 rings (SSSR count). The van der Waals surface area contributed by atoms with Gasteiger partial charge in [-0.1, -0.05) is 35.9 Å². The molecule has 2 amide bonds. The molecule has 2 aromatic carbocycles. The first-order valence-corrected chi connectivity index (χ1v) is 12.1. The van der Waals surface area contributed by atoms with Crippen molar-refractivity contribution in [3.63, 3.8) is 0 Å². The van der Waals surface area contributed by atoms with Crippen LogP contribution in [0.1, 0.15) is 22.3 Å². The molecular weight excluding hydrogens is 434 g/mol. The second kappa shape index (κ2) is 12.1. The third-order valence-corrected chi connectivity index (χ3v) is 6.03. The number of amides is 2. The molecule has 0 radical (unpaired) electrons. The highest BCUT2D eigenvalue weighted by molar-refractivity contribution is 7.98. The highest BCUT2D eigenvalue weighted by Crippen LogP contribution is 2.17. The van der Waals surface area contributed by atoms with Gasteiger partial charge >= 0.3 is 0 Å². The van der Waals surface area contributed by atoms with Crippen molar-refractivity contribution in [2.75, 3.05) is 43.6 Å². The largest absolute Gasteiger partial charge is 0.379 e. The van der Waals surface area contributed by atoms with Crippen LogP contribution in [0, 0.1) is 0 Å². The Morgan fingerprint density at radius 2 is 1.94 bits per heavy atom. The molecule has 1 unspecified atom stereocenters. The number of carbonyl (C=O) groups is 2. The molecule has 8 heteroatoms. The van der Waals surface area contributed by atoms with Gasteiger partial charge in [-0.2, -0.15) is 11.8 Å². The van der Waals surface area contributed by atoms with Crippen molar-refractivity contribution in [2.24, 2.45) is 0 Å². The summed E-state index contributed by atoms with van der Waals surface area (Å²) < 4.78 is 5.40. The molecule has 6 nitrogen and oxygen atoms in total. The Balaban J connectivity index is 1.65. The van der Waals surface area contributed by atoms with E-state index in [-0.39, 0.29) is 11.8 Å². The number of morpholine rings is 1. The highest BCUT2D eigenvalue weighted by Gasteiger charge is 2.22. The fourth-order valence-corrected chi connectivity index (χ4v) is 4.07. The predicted molar refractivity (Wildman–Crippen MR) is 127 cm³/mol. The van der Waals surface area contributed by atoms with Gasteiger partial charge in [0, 0.05) is 25.3 Å². The molecule has 0 aromatic heterocycles. The Kier molecular flexibility index (Phi) is 9.21. The van der Waals surface area contributed by atoms with Crippen molar-refractivity contribution < 1.29 is 14.3 Å². The van der Waals surface area contributed by atoms with Crippen molar-refractivity contribution in [3.8, 4) is 0 Å². The van der Waals surface area contributed by atoms with E-state index in [1.165, 1.54) is 0 Å². The molecular formula is C23H28ClN3O3S. The Morgan fingerprint density at radius 1 is 1.16 bits per heavy atom. The second-order valence-corrected chi connectivity index (χ2v) is 8.76. The van der Waals surface area contributed by atoms with Crippen LogP contribution >= 0.6 is 23.4 Å². The molecule has 31 heavy (non-hydrogen) atoms. The molecule has 1 aliphatic heterocycles. The van der Waals surface area contributed by atoms with Gasteiger partial charge in [0.1, 0.15) is 6.04 Å². The third kappa shape index (κ3) is 7.25. The minimum Gasteiger partial charge on any atom is -0.379 e. The molecule has 0 saturated carbocycles. The van der Waals surface area contributed by atoms with E-state index >= 15 is 0 Å². The zero-order chi connectivity index (χ0) is 22.1. The number of carbonyl (C=O) groups excluding carboxylic acids is 2. The van der Waals surface area contributed by atoms with E-state index in [4.69, 9.17) is 16.3 Å². The van der Waals surface area contributed by atoms with Crippen molar-refractivity contribution in [1.29, 1.82) is 0 Å². The van der Waals surface area contributed by atoms with Gasteiger partial charge in [0.15, 0.2) is 0 Å². The minimum absolute atomic E-state index is 0.238. The summed E-state index contributed by atoms with van der Waals surface area (Å²) in [7, 11) is 0. The maximum absolute atomic E-state index is 13.0. The molecule has 1 atom stereocenters. The highest BCUT2D eigenvalue weighted by atomic mass is 35.5. The topological polar surface area (TPSA) is 70.7 Å². The number of hydrogen-bond acceptors (Lipinski definition) is 5. The lowest BCUT2D eigenvalue weighted by Crippen LogP contribution is -2.44. The van der Waals surface area contributed by atoms with E-state index in [2.05, 4.69) is 21.6 Å². The lowest BCUT2D eigenvalue weighted by Gasteiger charge is -2.26. The maximum Gasteiger partial charge on any atom is 0.253 e. The van der Waals surface area contributed by atoms with E-state index in [9.17, 15) is 9.59 Å². The number of nitrogens with zero attached hydrogens (tertiary/aromatic N) is 1. The fourth-order valence-electron chi connectivity index (χ4n) is 3.38. The van der Waals surface area contributed by atoms with Crippen LogP contribution in [0.25, 0.3) is 0 Å². The molecule has 0 aliphatic carbocycles. The summed E-state index contributed by atoms with van der Waals surface area (Å²) in [6.45, 7) is 4.12. The van der Waals surface area contributed by atoms with Crippen LogP contribution in [0.3, 0.4) is 0 Å². The van der Waals surface area contributed by atoms with Crippen molar-refractivity contribution in [1.82, 2.24) is 10.2 Å². The Morgan fingerprint density at radius 3 is 2.68 bits per heavy atom. The smallest absolute Gasteiger partial charge is 0.253 e. The first-order chi connectivity index (χ1) is 15.1. The lowest BCUT2D eigenvalue weighted by molar-refractivity contribution is -0.118. The van der Waals surface area contributed by atoms with E-state index in [0.29, 0.717) is 17.0 Å². The average Bonchev–Trinajstić information content (AvgIpc) is 2.77. The van der Waals surface area contributed by atoms with Crippen LogP contribution < -0.4 is 10.6 Å². The molecule has 166 valence electrons. The SMILES string of the molecule is CSCCC(NC(=O)c1ccccc1Cl)C(=O)Nc1cccc(CN2CCOCC2)c1. The summed E-state index contributed by atoms with van der Waals surface area (Å²) >= 11 is 7.76. The monoisotopic (exact) mass is 461 g/mol. The predicted octanol–water partition coefficient (Wildman–Crippen LogP) is 3.66. The molecule has 2 aromatic rings. The van der Waals surface area contributed by atoms with E-state index in [0.717, 1.165) is 49.9 Å². The van der Waals surface area contributed by atoms with Gasteiger partial charge in [-0.25, -0.2) is 0 Å². The van der Waals surface area contributed by atoms with E-state index in [1.807, 2.05) is 24.5 Å². The Labute approximate surface area is 192 Å². The summed E-state index contributed by atoms with van der Waals surface area (Å²) in [6.07, 6.45) is 2.50. The summed E-state index contributed by atoms with van der Waals surface area (Å²) in [6, 6.07) is 14.0. The quantitative estimate of drug-likeness (QED) is 0.596. The van der Waals surface area contributed by atoms with Crippen LogP contribution in [0.5, 0.6) is 0 Å². The van der Waals surface area contributed by atoms with Gasteiger partial charge in [0.2, 0.25) is 5.91 Å². The number of benzene rings is 2. The zero-order valence-electron chi connectivity index (χ0n) is 17.6. The number of rotatable bonds is 9. The maximum atomic E-state index is 13.0. The van der Waals surface area contributed by atoms with Crippen molar-refractivity contribution >= 4 is 40.9 Å². The van der Waals surface area contributed by atoms with Crippen molar-refractivity contribution in [3.05, 3.63) is 64.7 Å². The molecule has 2 N–H and O–H groups in total. The third-order valence-electron chi connectivity index (χ3n) is 5.06. The summed E-state index contributed by atoms with van der Waals surface area (Å²) in [5.41, 5.74) is 2.20. The molecule has 1 aliphatic rings. The molecule has 1 fully saturated rings. The molecule has 1 heterocycles. The van der Waals surface area contributed by atoms with Crippen molar-refractivity contribution in [2.45, 2.75) is 19.0 Å². The van der Waals surface area contributed by atoms with Crippen LogP contribution in [-0.2, 0) is 16.1 Å². The lowest BCUT2D eigenvalue weighted by atomic mass is 10.1. The Hall–Kier alpha value is -2.06. The molecule has 0 bridgehead atoms. The standard InChI is InChI=1S/C23H28ClN3O3S/c1-31-14-9-21(26-22(28)19-7-2-3-8-20(19)24)23(29)25-18-6-4-5-17(15-18)16-27-10-12-30-13-11-27/h2-8,15,21H,9-14,16H2,1H3,(H,25,29)(H,26,28). The van der Waals surface area contributed by atoms with Gasteiger partial charge in [-0.3, -0.25) is 14.5 Å². The first kappa shape index (κ1) is 23.6. The molecule has 1 saturated heterocycles. The van der Waals surface area contributed by atoms with Gasteiger partial charge in [-0.15, -0.1) is 0 Å². The number of ether oxygens (including phenoxy) is 1. The number of halogens is 1. The normalized spacial score (nSPS) is 15.3. The minimum atomic E-state index is -0.654. The molecule has 0 spiro atoms. The van der Waals surface area contributed by atoms with E-state index in [1.54, 1.807) is 36.0 Å². The summed E-state index contributed by atoms with van der Waals surface area (Å²) in [5.74, 6) is 0.156. The van der Waals surface area contributed by atoms with Crippen LogP contribution in [0.2, 0.25) is 5.02 Å². The van der Waals surface area contributed by atoms with Crippen LogP contribution in [-0.4, -0.2) is 61.1 Å². The van der Waals surface area contributed by atoms with E-state index < -0.39 is 6.04 Å². The average molecular weight is 462 g/mol. The number of anilines is 1. The number of hydrogen-bond donors (Lipinski definition) is 2.